The van der Waals surface area contributed by atoms with E-state index in [1.54, 1.807) is 6.07 Å². The SMILES string of the molecule is CC(C)CN(CC(=O)O)C(=O)CCc1ccccc1Cl. The van der Waals surface area contributed by atoms with E-state index in [1.807, 2.05) is 32.0 Å². The number of rotatable bonds is 7. The van der Waals surface area contributed by atoms with Gasteiger partial charge in [-0.25, -0.2) is 0 Å². The van der Waals surface area contributed by atoms with E-state index in [0.29, 0.717) is 18.0 Å². The van der Waals surface area contributed by atoms with Gasteiger partial charge in [0.2, 0.25) is 5.91 Å². The second kappa shape index (κ2) is 7.90. The molecule has 0 aliphatic rings. The van der Waals surface area contributed by atoms with Crippen molar-refractivity contribution < 1.29 is 14.7 Å². The standard InChI is InChI=1S/C15H20ClNO3/c1-11(2)9-17(10-15(19)20)14(18)8-7-12-5-3-4-6-13(12)16/h3-6,11H,7-10H2,1-2H3,(H,19,20). The van der Waals surface area contributed by atoms with Gasteiger partial charge in [0.15, 0.2) is 0 Å². The van der Waals surface area contributed by atoms with Crippen molar-refractivity contribution in [3.63, 3.8) is 0 Å². The lowest BCUT2D eigenvalue weighted by molar-refractivity contribution is -0.144. The van der Waals surface area contributed by atoms with E-state index in [9.17, 15) is 9.59 Å². The van der Waals surface area contributed by atoms with Gasteiger partial charge in [0.1, 0.15) is 6.54 Å². The molecule has 0 aliphatic carbocycles. The summed E-state index contributed by atoms with van der Waals surface area (Å²) in [4.78, 5) is 24.3. The summed E-state index contributed by atoms with van der Waals surface area (Å²) >= 11 is 6.04. The molecule has 20 heavy (non-hydrogen) atoms. The highest BCUT2D eigenvalue weighted by molar-refractivity contribution is 6.31. The maximum Gasteiger partial charge on any atom is 0.323 e. The molecule has 0 saturated carbocycles. The summed E-state index contributed by atoms with van der Waals surface area (Å²) in [5.41, 5.74) is 0.905. The molecule has 0 heterocycles. The summed E-state index contributed by atoms with van der Waals surface area (Å²) in [7, 11) is 0. The van der Waals surface area contributed by atoms with Crippen LogP contribution < -0.4 is 0 Å². The number of aliphatic carboxylic acids is 1. The Labute approximate surface area is 124 Å². The number of carbonyl (C=O) groups is 2. The van der Waals surface area contributed by atoms with Crippen LogP contribution in [0.25, 0.3) is 0 Å². The number of amides is 1. The minimum Gasteiger partial charge on any atom is -0.480 e. The van der Waals surface area contributed by atoms with Gasteiger partial charge in [-0.1, -0.05) is 43.6 Å². The molecular weight excluding hydrogens is 278 g/mol. The first-order valence-electron chi connectivity index (χ1n) is 6.63. The fourth-order valence-electron chi connectivity index (χ4n) is 1.96. The van der Waals surface area contributed by atoms with Crippen LogP contribution in [0.15, 0.2) is 24.3 Å². The van der Waals surface area contributed by atoms with Crippen molar-refractivity contribution in [2.24, 2.45) is 5.92 Å². The Morgan fingerprint density at radius 2 is 1.95 bits per heavy atom. The van der Waals surface area contributed by atoms with Crippen molar-refractivity contribution in [3.8, 4) is 0 Å². The number of hydrogen-bond donors (Lipinski definition) is 1. The molecule has 0 bridgehead atoms. The Kier molecular flexibility index (Phi) is 6.52. The first-order chi connectivity index (χ1) is 9.40. The normalized spacial score (nSPS) is 10.6. The molecule has 110 valence electrons. The van der Waals surface area contributed by atoms with Crippen LogP contribution in [0.1, 0.15) is 25.8 Å². The number of hydrogen-bond acceptors (Lipinski definition) is 2. The predicted octanol–water partition coefficient (Wildman–Crippen LogP) is 2.84. The number of aryl methyl sites for hydroxylation is 1. The number of carbonyl (C=O) groups excluding carboxylic acids is 1. The minimum atomic E-state index is -0.989. The average Bonchev–Trinajstić information content (AvgIpc) is 2.35. The van der Waals surface area contributed by atoms with Crippen LogP contribution >= 0.6 is 11.6 Å². The molecule has 5 heteroatoms. The zero-order chi connectivity index (χ0) is 15.1. The topological polar surface area (TPSA) is 57.6 Å². The highest BCUT2D eigenvalue weighted by Gasteiger charge is 2.17. The molecule has 0 unspecified atom stereocenters. The van der Waals surface area contributed by atoms with Crippen LogP contribution in [-0.2, 0) is 16.0 Å². The molecule has 1 rings (SSSR count). The van der Waals surface area contributed by atoms with Crippen LogP contribution in [0.2, 0.25) is 5.02 Å². The van der Waals surface area contributed by atoms with Crippen LogP contribution in [-0.4, -0.2) is 35.0 Å². The smallest absolute Gasteiger partial charge is 0.323 e. The zero-order valence-corrected chi connectivity index (χ0v) is 12.6. The molecule has 0 aliphatic heterocycles. The lowest BCUT2D eigenvalue weighted by atomic mass is 10.1. The monoisotopic (exact) mass is 297 g/mol. The number of halogens is 1. The van der Waals surface area contributed by atoms with Gasteiger partial charge in [-0.2, -0.15) is 0 Å². The molecule has 0 saturated heterocycles. The maximum absolute atomic E-state index is 12.1. The number of carboxylic acid groups (broad SMARTS) is 1. The molecule has 0 aromatic heterocycles. The molecule has 1 amide bonds. The van der Waals surface area contributed by atoms with Crippen molar-refractivity contribution in [2.45, 2.75) is 26.7 Å². The Morgan fingerprint density at radius 1 is 1.30 bits per heavy atom. The zero-order valence-electron chi connectivity index (χ0n) is 11.8. The Bertz CT molecular complexity index is 474. The summed E-state index contributed by atoms with van der Waals surface area (Å²) in [6, 6.07) is 7.36. The molecule has 1 N–H and O–H groups in total. The summed E-state index contributed by atoms with van der Waals surface area (Å²) in [5, 5.41) is 9.49. The quantitative estimate of drug-likeness (QED) is 0.842. The maximum atomic E-state index is 12.1. The molecule has 0 radical (unpaired) electrons. The third-order valence-corrected chi connectivity index (χ3v) is 3.20. The van der Waals surface area contributed by atoms with Crippen molar-refractivity contribution in [3.05, 3.63) is 34.9 Å². The third kappa shape index (κ3) is 5.61. The third-order valence-electron chi connectivity index (χ3n) is 2.83. The van der Waals surface area contributed by atoms with Crippen molar-refractivity contribution in [2.75, 3.05) is 13.1 Å². The van der Waals surface area contributed by atoms with Crippen LogP contribution in [0, 0.1) is 5.92 Å². The fraction of sp³-hybridized carbons (Fsp3) is 0.467. The number of nitrogens with zero attached hydrogens (tertiary/aromatic N) is 1. The second-order valence-corrected chi connectivity index (χ2v) is 5.56. The lowest BCUT2D eigenvalue weighted by Crippen LogP contribution is -2.38. The summed E-state index contributed by atoms with van der Waals surface area (Å²) in [5.74, 6) is -0.906. The van der Waals surface area contributed by atoms with E-state index >= 15 is 0 Å². The lowest BCUT2D eigenvalue weighted by Gasteiger charge is -2.22. The van der Waals surface area contributed by atoms with Crippen molar-refractivity contribution in [1.82, 2.24) is 4.90 Å². The van der Waals surface area contributed by atoms with Gasteiger partial charge < -0.3 is 10.0 Å². The molecule has 0 spiro atoms. The Morgan fingerprint density at radius 3 is 2.50 bits per heavy atom. The Hall–Kier alpha value is -1.55. The molecule has 1 aromatic carbocycles. The van der Waals surface area contributed by atoms with Gasteiger partial charge in [-0.3, -0.25) is 9.59 Å². The van der Waals surface area contributed by atoms with E-state index in [-0.39, 0.29) is 24.8 Å². The van der Waals surface area contributed by atoms with E-state index in [1.165, 1.54) is 4.90 Å². The summed E-state index contributed by atoms with van der Waals surface area (Å²) in [6.07, 6.45) is 0.788. The highest BCUT2D eigenvalue weighted by atomic mass is 35.5. The van der Waals surface area contributed by atoms with Crippen molar-refractivity contribution in [1.29, 1.82) is 0 Å². The predicted molar refractivity (Wildman–Crippen MR) is 78.8 cm³/mol. The van der Waals surface area contributed by atoms with Crippen LogP contribution in [0.4, 0.5) is 0 Å². The summed E-state index contributed by atoms with van der Waals surface area (Å²) in [6.45, 7) is 4.11. The largest absolute Gasteiger partial charge is 0.480 e. The van der Waals surface area contributed by atoms with Gasteiger partial charge in [-0.15, -0.1) is 0 Å². The van der Waals surface area contributed by atoms with Gasteiger partial charge >= 0.3 is 5.97 Å². The van der Waals surface area contributed by atoms with E-state index in [2.05, 4.69) is 0 Å². The highest BCUT2D eigenvalue weighted by Crippen LogP contribution is 2.17. The van der Waals surface area contributed by atoms with E-state index < -0.39 is 5.97 Å². The molecule has 1 aromatic rings. The number of carboxylic acids is 1. The Balaban J connectivity index is 2.62. The second-order valence-electron chi connectivity index (χ2n) is 5.15. The minimum absolute atomic E-state index is 0.152. The molecule has 0 fully saturated rings. The fourth-order valence-corrected chi connectivity index (χ4v) is 2.19. The van der Waals surface area contributed by atoms with Gasteiger partial charge in [-0.05, 0) is 24.0 Å². The molecule has 4 nitrogen and oxygen atoms in total. The van der Waals surface area contributed by atoms with Gasteiger partial charge in [0, 0.05) is 18.0 Å². The molecule has 0 atom stereocenters. The first-order valence-corrected chi connectivity index (χ1v) is 7.01. The average molecular weight is 298 g/mol. The van der Waals surface area contributed by atoms with Gasteiger partial charge in [0.05, 0.1) is 0 Å². The number of benzene rings is 1. The van der Waals surface area contributed by atoms with Gasteiger partial charge in [0.25, 0.3) is 0 Å². The first kappa shape index (κ1) is 16.5. The van der Waals surface area contributed by atoms with Crippen LogP contribution in [0.3, 0.4) is 0 Å². The van der Waals surface area contributed by atoms with E-state index in [0.717, 1.165) is 5.56 Å². The molecular formula is C15H20ClNO3. The van der Waals surface area contributed by atoms with Crippen LogP contribution in [0.5, 0.6) is 0 Å². The van der Waals surface area contributed by atoms with E-state index in [4.69, 9.17) is 16.7 Å². The van der Waals surface area contributed by atoms with Crippen molar-refractivity contribution >= 4 is 23.5 Å². The summed E-state index contributed by atoms with van der Waals surface area (Å²) < 4.78 is 0.